The summed E-state index contributed by atoms with van der Waals surface area (Å²) in [4.78, 5) is 18.7. The van der Waals surface area contributed by atoms with Crippen LogP contribution in [-0.4, -0.2) is 56.0 Å². The lowest BCUT2D eigenvalue weighted by molar-refractivity contribution is -0.255. The van der Waals surface area contributed by atoms with Crippen LogP contribution in [0.2, 0.25) is 5.02 Å². The van der Waals surface area contributed by atoms with Gasteiger partial charge in [-0.1, -0.05) is 23.7 Å². The molecule has 206 valence electrons. The first-order valence-corrected chi connectivity index (χ1v) is 13.8. The van der Waals surface area contributed by atoms with Gasteiger partial charge < -0.3 is 23.9 Å². The molecule has 4 heterocycles. The molecule has 2 aromatic heterocycles. The van der Waals surface area contributed by atoms with Crippen LogP contribution in [0.3, 0.4) is 0 Å². The highest BCUT2D eigenvalue weighted by Gasteiger charge is 2.26. The third-order valence-electron chi connectivity index (χ3n) is 7.68. The Hall–Kier alpha value is -3.91. The Morgan fingerprint density at radius 2 is 2.00 bits per heavy atom. The molecule has 0 spiro atoms. The quantitative estimate of drug-likeness (QED) is 0.306. The molecule has 4 aromatic rings. The van der Waals surface area contributed by atoms with Crippen molar-refractivity contribution in [3.63, 3.8) is 0 Å². The molecule has 0 radical (unpaired) electrons. The molecule has 1 atom stereocenters. The second kappa shape index (κ2) is 11.3. The molecule has 2 fully saturated rings. The van der Waals surface area contributed by atoms with E-state index in [0.29, 0.717) is 29.6 Å². The zero-order valence-corrected chi connectivity index (χ0v) is 22.6. The van der Waals surface area contributed by atoms with E-state index >= 15 is 0 Å². The average molecular weight is 560 g/mol. The van der Waals surface area contributed by atoms with Crippen LogP contribution in [0.5, 0.6) is 5.88 Å². The first-order valence-electron chi connectivity index (χ1n) is 13.4. The highest BCUT2D eigenvalue weighted by Crippen LogP contribution is 2.27. The number of fused-ring (bicyclic) bond motifs is 1. The largest absolute Gasteiger partial charge is 0.545 e. The van der Waals surface area contributed by atoms with Crippen LogP contribution in [0.1, 0.15) is 52.6 Å². The van der Waals surface area contributed by atoms with Crippen molar-refractivity contribution >= 4 is 28.6 Å². The molecular formula is C29H28ClN6O4-. The number of carboxylic acids is 1. The minimum absolute atomic E-state index is 0.123. The van der Waals surface area contributed by atoms with Gasteiger partial charge in [-0.2, -0.15) is 5.26 Å². The number of aromatic nitrogens is 4. The smallest absolute Gasteiger partial charge is 0.233 e. The summed E-state index contributed by atoms with van der Waals surface area (Å²) in [5.41, 5.74) is 3.04. The van der Waals surface area contributed by atoms with Crippen LogP contribution in [0.25, 0.3) is 11.0 Å². The summed E-state index contributed by atoms with van der Waals surface area (Å²) in [7, 11) is 0. The number of carbonyl (C=O) groups excluding carboxylic acids is 1. The van der Waals surface area contributed by atoms with Crippen LogP contribution in [0.4, 0.5) is 0 Å². The highest BCUT2D eigenvalue weighted by molar-refractivity contribution is 6.31. The predicted molar refractivity (Wildman–Crippen MR) is 145 cm³/mol. The van der Waals surface area contributed by atoms with Crippen LogP contribution in [0.15, 0.2) is 48.7 Å². The van der Waals surface area contributed by atoms with Gasteiger partial charge >= 0.3 is 0 Å². The molecule has 0 saturated carbocycles. The Bertz CT molecular complexity index is 1580. The van der Waals surface area contributed by atoms with Crippen molar-refractivity contribution in [1.29, 1.82) is 5.26 Å². The van der Waals surface area contributed by atoms with Gasteiger partial charge in [0.15, 0.2) is 0 Å². The van der Waals surface area contributed by atoms with E-state index in [1.165, 1.54) is 0 Å². The lowest BCUT2D eigenvalue weighted by atomic mass is 10.1. The monoisotopic (exact) mass is 559 g/mol. The van der Waals surface area contributed by atoms with E-state index in [2.05, 4.69) is 20.6 Å². The molecule has 2 saturated heterocycles. The number of piperidine rings is 1. The number of aromatic carboxylic acids is 1. The van der Waals surface area contributed by atoms with Crippen molar-refractivity contribution in [3.8, 4) is 11.9 Å². The van der Waals surface area contributed by atoms with E-state index in [0.717, 1.165) is 61.4 Å². The number of likely N-dealkylation sites (tertiary alicyclic amines) is 1. The molecule has 11 heteroatoms. The lowest BCUT2D eigenvalue weighted by Gasteiger charge is -2.32. The van der Waals surface area contributed by atoms with E-state index in [4.69, 9.17) is 31.3 Å². The van der Waals surface area contributed by atoms with Gasteiger partial charge in [0.05, 0.1) is 53.9 Å². The Balaban J connectivity index is 1.08. The maximum absolute atomic E-state index is 11.5. The number of carbonyl (C=O) groups is 1. The molecule has 6 rings (SSSR count). The molecule has 0 bridgehead atoms. The molecule has 2 aliphatic heterocycles. The van der Waals surface area contributed by atoms with Crippen LogP contribution in [-0.2, 0) is 24.4 Å². The third kappa shape index (κ3) is 5.54. The van der Waals surface area contributed by atoms with Crippen LogP contribution < -0.4 is 9.84 Å². The second-order valence-electron chi connectivity index (χ2n) is 10.3. The van der Waals surface area contributed by atoms with Crippen molar-refractivity contribution in [2.75, 3.05) is 19.7 Å². The number of rotatable bonds is 9. The van der Waals surface area contributed by atoms with Gasteiger partial charge in [-0.05, 0) is 49.1 Å². The van der Waals surface area contributed by atoms with Crippen molar-refractivity contribution in [3.05, 3.63) is 76.2 Å². The van der Waals surface area contributed by atoms with Gasteiger partial charge in [0, 0.05) is 42.5 Å². The van der Waals surface area contributed by atoms with E-state index in [1.807, 2.05) is 16.9 Å². The van der Waals surface area contributed by atoms with Gasteiger partial charge in [-0.3, -0.25) is 9.58 Å². The Kier molecular flexibility index (Phi) is 7.43. The molecule has 10 nitrogen and oxygen atoms in total. The van der Waals surface area contributed by atoms with Gasteiger partial charge in [0.2, 0.25) is 5.88 Å². The summed E-state index contributed by atoms with van der Waals surface area (Å²) in [5, 5.41) is 25.6. The molecule has 0 amide bonds. The molecular weight excluding hydrogens is 532 g/mol. The summed E-state index contributed by atoms with van der Waals surface area (Å²) in [6.45, 7) is 4.13. The number of carboxylic acid groups (broad SMARTS) is 1. The summed E-state index contributed by atoms with van der Waals surface area (Å²) in [6, 6.07) is 14.3. The summed E-state index contributed by atoms with van der Waals surface area (Å²) >= 11 is 6.26. The molecule has 0 N–H and O–H groups in total. The first-order chi connectivity index (χ1) is 19.5. The first kappa shape index (κ1) is 26.3. The SMILES string of the molecule is N#Cc1ccc(COc2ccn(C3CCN(Cc4nc5ccc(C(=O)[O-])cc5n4C[C@@H]4CCO4)CC3)n2)c(Cl)c1. The fourth-order valence-corrected chi connectivity index (χ4v) is 5.52. The predicted octanol–water partition coefficient (Wildman–Crippen LogP) is 3.33. The summed E-state index contributed by atoms with van der Waals surface area (Å²) in [6.07, 6.45) is 4.92. The van der Waals surface area contributed by atoms with Gasteiger partial charge in [0.25, 0.3) is 0 Å². The topological polar surface area (TPSA) is 121 Å². The number of nitrogens with zero attached hydrogens (tertiary/aromatic N) is 6. The van der Waals surface area contributed by atoms with E-state index in [9.17, 15) is 9.90 Å². The van der Waals surface area contributed by atoms with Gasteiger partial charge in [0.1, 0.15) is 12.4 Å². The average Bonchev–Trinajstić information content (AvgIpc) is 3.54. The fourth-order valence-electron chi connectivity index (χ4n) is 5.28. The maximum Gasteiger partial charge on any atom is 0.233 e. The van der Waals surface area contributed by atoms with Crippen molar-refractivity contribution in [1.82, 2.24) is 24.2 Å². The van der Waals surface area contributed by atoms with Crippen LogP contribution >= 0.6 is 11.6 Å². The Labute approximate surface area is 236 Å². The zero-order valence-electron chi connectivity index (χ0n) is 21.8. The standard InChI is InChI=1S/C29H29ClN6O4/c30-24-13-19(15-31)1-2-21(24)18-40-28-7-11-36(33-28)22-5-9-34(10-6-22)17-27-32-25-4-3-20(29(37)38)14-26(25)35(27)16-23-8-12-39-23/h1-4,7,11,13-14,22-23H,5-6,8-10,12,16-18H2,(H,37,38)/p-1/t23-/m0/s1. The maximum atomic E-state index is 11.5. The molecule has 40 heavy (non-hydrogen) atoms. The van der Waals surface area contributed by atoms with Gasteiger partial charge in [-0.25, -0.2) is 4.98 Å². The van der Waals surface area contributed by atoms with Gasteiger partial charge in [-0.15, -0.1) is 5.10 Å². The second-order valence-corrected chi connectivity index (χ2v) is 10.7. The Morgan fingerprint density at radius 3 is 2.70 bits per heavy atom. The molecule has 2 aromatic carbocycles. The summed E-state index contributed by atoms with van der Waals surface area (Å²) in [5.74, 6) is 0.254. The minimum atomic E-state index is -1.19. The van der Waals surface area contributed by atoms with E-state index in [-0.39, 0.29) is 24.3 Å². The van der Waals surface area contributed by atoms with Crippen molar-refractivity contribution in [2.24, 2.45) is 0 Å². The zero-order chi connectivity index (χ0) is 27.6. The molecule has 2 aliphatic rings. The fraction of sp³-hybridized carbons (Fsp3) is 0.379. The number of ether oxygens (including phenoxy) is 2. The number of hydrogen-bond acceptors (Lipinski definition) is 8. The van der Waals surface area contributed by atoms with Crippen LogP contribution in [0, 0.1) is 11.3 Å². The van der Waals surface area contributed by atoms with Crippen molar-refractivity contribution in [2.45, 2.75) is 51.1 Å². The highest BCUT2D eigenvalue weighted by atomic mass is 35.5. The number of halogens is 1. The van der Waals surface area contributed by atoms with Crippen molar-refractivity contribution < 1.29 is 19.4 Å². The molecule has 0 aliphatic carbocycles. The Morgan fingerprint density at radius 1 is 1.18 bits per heavy atom. The summed E-state index contributed by atoms with van der Waals surface area (Å²) < 4.78 is 15.6. The number of imidazole rings is 1. The van der Waals surface area contributed by atoms with E-state index in [1.54, 1.807) is 36.4 Å². The number of nitriles is 1. The number of hydrogen-bond donors (Lipinski definition) is 0. The minimum Gasteiger partial charge on any atom is -0.545 e. The number of benzene rings is 2. The third-order valence-corrected chi connectivity index (χ3v) is 8.03. The van der Waals surface area contributed by atoms with E-state index < -0.39 is 5.97 Å². The normalized spacial score (nSPS) is 17.9. The molecule has 0 unspecified atom stereocenters. The lowest BCUT2D eigenvalue weighted by Crippen LogP contribution is -2.36.